The van der Waals surface area contributed by atoms with Crippen molar-refractivity contribution in [2.75, 3.05) is 6.54 Å². The van der Waals surface area contributed by atoms with Gasteiger partial charge in [-0.1, -0.05) is 17.7 Å². The third-order valence-electron chi connectivity index (χ3n) is 2.47. The fourth-order valence-corrected chi connectivity index (χ4v) is 1.95. The summed E-state index contributed by atoms with van der Waals surface area (Å²) in [5.41, 5.74) is 7.37. The highest BCUT2D eigenvalue weighted by atomic mass is 35.5. The van der Waals surface area contributed by atoms with Gasteiger partial charge in [-0.3, -0.25) is 4.79 Å². The van der Waals surface area contributed by atoms with Crippen LogP contribution < -0.4 is 5.73 Å². The van der Waals surface area contributed by atoms with Gasteiger partial charge in [-0.25, -0.2) is 0 Å². The van der Waals surface area contributed by atoms with Crippen molar-refractivity contribution in [1.29, 1.82) is 0 Å². The third kappa shape index (κ3) is 1.36. The minimum atomic E-state index is 0.160. The van der Waals surface area contributed by atoms with E-state index in [1.54, 1.807) is 6.07 Å². The Morgan fingerprint density at radius 3 is 3.00 bits per heavy atom. The number of ketones is 1. The minimum absolute atomic E-state index is 0.160. The maximum Gasteiger partial charge on any atom is 0.163 e. The van der Waals surface area contributed by atoms with Crippen molar-refractivity contribution in [2.24, 2.45) is 5.73 Å². The van der Waals surface area contributed by atoms with E-state index in [2.05, 4.69) is 0 Å². The summed E-state index contributed by atoms with van der Waals surface area (Å²) < 4.78 is 0. The molecule has 0 aromatic heterocycles. The van der Waals surface area contributed by atoms with Gasteiger partial charge in [-0.2, -0.15) is 0 Å². The largest absolute Gasteiger partial charge is 0.330 e. The Labute approximate surface area is 81.7 Å². The Balaban J connectivity index is 2.52. The van der Waals surface area contributed by atoms with Gasteiger partial charge in [0.1, 0.15) is 0 Å². The highest BCUT2D eigenvalue weighted by Gasteiger charge is 2.27. The standard InChI is InChI=1S/C10H10ClNO/c11-7-1-2-8-6(5-12)3-10(13)9(8)4-7/h1-2,4,6H,3,5,12H2. The average Bonchev–Trinajstić information content (AvgIpc) is 2.43. The summed E-state index contributed by atoms with van der Waals surface area (Å²) in [6.07, 6.45) is 0.534. The quantitative estimate of drug-likeness (QED) is 0.745. The zero-order valence-electron chi connectivity index (χ0n) is 7.09. The molecule has 0 fully saturated rings. The Hall–Kier alpha value is -0.860. The van der Waals surface area contributed by atoms with Crippen LogP contribution in [0.25, 0.3) is 0 Å². The van der Waals surface area contributed by atoms with Gasteiger partial charge in [0, 0.05) is 22.9 Å². The van der Waals surface area contributed by atoms with Gasteiger partial charge in [0.05, 0.1) is 0 Å². The van der Waals surface area contributed by atoms with E-state index in [1.165, 1.54) is 0 Å². The van der Waals surface area contributed by atoms with Crippen LogP contribution in [0.3, 0.4) is 0 Å². The molecule has 0 saturated heterocycles. The molecular formula is C10H10ClNO. The van der Waals surface area contributed by atoms with Crippen LogP contribution in [0.15, 0.2) is 18.2 Å². The average molecular weight is 196 g/mol. The van der Waals surface area contributed by atoms with Crippen molar-refractivity contribution in [2.45, 2.75) is 12.3 Å². The molecule has 2 rings (SSSR count). The number of halogens is 1. The molecule has 0 spiro atoms. The molecule has 1 aromatic rings. The Morgan fingerprint density at radius 2 is 2.31 bits per heavy atom. The molecule has 1 aliphatic carbocycles. The lowest BCUT2D eigenvalue weighted by atomic mass is 10.0. The zero-order chi connectivity index (χ0) is 9.42. The SMILES string of the molecule is NCC1CC(=O)c2cc(Cl)ccc21. The van der Waals surface area contributed by atoms with Crippen LogP contribution in [0.1, 0.15) is 28.3 Å². The molecule has 2 N–H and O–H groups in total. The second-order valence-electron chi connectivity index (χ2n) is 3.29. The number of Topliss-reactive ketones (excluding diaryl/α,β-unsaturated/α-hetero) is 1. The van der Waals surface area contributed by atoms with E-state index < -0.39 is 0 Å². The number of carbonyl (C=O) groups excluding carboxylic acids is 1. The van der Waals surface area contributed by atoms with Crippen molar-refractivity contribution in [1.82, 2.24) is 0 Å². The predicted octanol–water partition coefficient (Wildman–Crippen LogP) is 1.97. The molecule has 0 heterocycles. The van der Waals surface area contributed by atoms with Crippen molar-refractivity contribution in [3.05, 3.63) is 34.3 Å². The first kappa shape index (κ1) is 8.73. The van der Waals surface area contributed by atoms with Gasteiger partial charge >= 0.3 is 0 Å². The lowest BCUT2D eigenvalue weighted by Gasteiger charge is -2.05. The summed E-state index contributed by atoms with van der Waals surface area (Å²) in [4.78, 5) is 11.5. The van der Waals surface area contributed by atoms with Gasteiger partial charge in [-0.05, 0) is 24.2 Å². The summed E-state index contributed by atoms with van der Waals surface area (Å²) in [7, 11) is 0. The summed E-state index contributed by atoms with van der Waals surface area (Å²) in [6, 6.07) is 5.44. The third-order valence-corrected chi connectivity index (χ3v) is 2.71. The van der Waals surface area contributed by atoms with E-state index in [0.717, 1.165) is 11.1 Å². The summed E-state index contributed by atoms with van der Waals surface area (Å²) in [5.74, 6) is 0.354. The van der Waals surface area contributed by atoms with Gasteiger partial charge in [-0.15, -0.1) is 0 Å². The summed E-state index contributed by atoms with van der Waals surface area (Å²) in [5, 5.41) is 0.616. The number of hydrogen-bond acceptors (Lipinski definition) is 2. The smallest absolute Gasteiger partial charge is 0.163 e. The number of fused-ring (bicyclic) bond motifs is 1. The maximum absolute atomic E-state index is 11.5. The molecule has 1 aliphatic rings. The van der Waals surface area contributed by atoms with Crippen LogP contribution >= 0.6 is 11.6 Å². The molecule has 13 heavy (non-hydrogen) atoms. The second kappa shape index (κ2) is 3.13. The summed E-state index contributed by atoms with van der Waals surface area (Å²) >= 11 is 5.80. The summed E-state index contributed by atoms with van der Waals surface area (Å²) in [6.45, 7) is 0.528. The number of carbonyl (C=O) groups is 1. The Morgan fingerprint density at radius 1 is 1.54 bits per heavy atom. The zero-order valence-corrected chi connectivity index (χ0v) is 7.84. The fourth-order valence-electron chi connectivity index (χ4n) is 1.78. The second-order valence-corrected chi connectivity index (χ2v) is 3.73. The van der Waals surface area contributed by atoms with Gasteiger partial charge < -0.3 is 5.73 Å². The highest BCUT2D eigenvalue weighted by Crippen LogP contribution is 2.33. The molecule has 68 valence electrons. The molecule has 0 radical (unpaired) electrons. The minimum Gasteiger partial charge on any atom is -0.330 e. The molecule has 0 saturated carbocycles. The van der Waals surface area contributed by atoms with Gasteiger partial charge in [0.2, 0.25) is 0 Å². The molecule has 1 aromatic carbocycles. The van der Waals surface area contributed by atoms with Gasteiger partial charge in [0.25, 0.3) is 0 Å². The van der Waals surface area contributed by atoms with Crippen molar-refractivity contribution in [3.63, 3.8) is 0 Å². The van der Waals surface area contributed by atoms with E-state index in [4.69, 9.17) is 17.3 Å². The number of hydrogen-bond donors (Lipinski definition) is 1. The van der Waals surface area contributed by atoms with E-state index >= 15 is 0 Å². The first-order chi connectivity index (χ1) is 6.22. The van der Waals surface area contributed by atoms with Crippen LogP contribution in [0.5, 0.6) is 0 Å². The van der Waals surface area contributed by atoms with E-state index in [1.807, 2.05) is 12.1 Å². The Bertz CT molecular complexity index is 362. The van der Waals surface area contributed by atoms with Crippen molar-refractivity contribution in [3.8, 4) is 0 Å². The fraction of sp³-hybridized carbons (Fsp3) is 0.300. The molecule has 0 bridgehead atoms. The normalized spacial score (nSPS) is 20.5. The van der Waals surface area contributed by atoms with Crippen LogP contribution in [-0.2, 0) is 0 Å². The highest BCUT2D eigenvalue weighted by molar-refractivity contribution is 6.31. The lowest BCUT2D eigenvalue weighted by Crippen LogP contribution is -2.09. The van der Waals surface area contributed by atoms with E-state index in [-0.39, 0.29) is 11.7 Å². The van der Waals surface area contributed by atoms with E-state index in [0.29, 0.717) is 18.0 Å². The van der Waals surface area contributed by atoms with Crippen LogP contribution in [-0.4, -0.2) is 12.3 Å². The molecule has 0 amide bonds. The Kier molecular flexibility index (Phi) is 2.10. The van der Waals surface area contributed by atoms with Crippen LogP contribution in [0.4, 0.5) is 0 Å². The lowest BCUT2D eigenvalue weighted by molar-refractivity contribution is 0.0989. The first-order valence-electron chi connectivity index (χ1n) is 4.25. The van der Waals surface area contributed by atoms with Crippen LogP contribution in [0.2, 0.25) is 5.02 Å². The number of rotatable bonds is 1. The molecule has 1 unspecified atom stereocenters. The molecule has 3 heteroatoms. The van der Waals surface area contributed by atoms with Crippen molar-refractivity contribution < 1.29 is 4.79 Å². The van der Waals surface area contributed by atoms with Crippen LogP contribution in [0, 0.1) is 0 Å². The number of nitrogens with two attached hydrogens (primary N) is 1. The molecule has 1 atom stereocenters. The topological polar surface area (TPSA) is 43.1 Å². The molecule has 2 nitrogen and oxygen atoms in total. The number of benzene rings is 1. The monoisotopic (exact) mass is 195 g/mol. The van der Waals surface area contributed by atoms with Gasteiger partial charge in [0.15, 0.2) is 5.78 Å². The molecular weight excluding hydrogens is 186 g/mol. The first-order valence-corrected chi connectivity index (χ1v) is 4.63. The molecule has 0 aliphatic heterocycles. The predicted molar refractivity (Wildman–Crippen MR) is 52.2 cm³/mol. The van der Waals surface area contributed by atoms with E-state index in [9.17, 15) is 4.79 Å². The van der Waals surface area contributed by atoms with Crippen molar-refractivity contribution >= 4 is 17.4 Å². The maximum atomic E-state index is 11.5.